The summed E-state index contributed by atoms with van der Waals surface area (Å²) in [6.45, 7) is 2.99. The van der Waals surface area contributed by atoms with Gasteiger partial charge in [-0.15, -0.1) is 11.6 Å². The maximum absolute atomic E-state index is 6.01. The molecule has 0 amide bonds. The van der Waals surface area contributed by atoms with Gasteiger partial charge in [0.1, 0.15) is 5.82 Å². The predicted octanol–water partition coefficient (Wildman–Crippen LogP) is 5.13. The van der Waals surface area contributed by atoms with Gasteiger partial charge in [0.15, 0.2) is 0 Å². The zero-order chi connectivity index (χ0) is 14.7. The summed E-state index contributed by atoms with van der Waals surface area (Å²) in [6.07, 6.45) is 0. The third kappa shape index (κ3) is 2.72. The van der Waals surface area contributed by atoms with Gasteiger partial charge in [-0.1, -0.05) is 42.5 Å². The molecule has 0 bridgehead atoms. The van der Waals surface area contributed by atoms with Crippen LogP contribution in [0.5, 0.6) is 0 Å². The van der Waals surface area contributed by atoms with Gasteiger partial charge in [-0.25, -0.2) is 4.98 Å². The zero-order valence-corrected chi connectivity index (χ0v) is 12.7. The Labute approximate surface area is 130 Å². The quantitative estimate of drug-likeness (QED) is 0.620. The standard InChI is InChI=1S/C18H17ClN2/c1-2-21(16-9-4-3-5-10-16)18-17-11-7-6-8-14(17)12-15(13-19)20-18/h3-12H,2,13H2,1H3. The van der Waals surface area contributed by atoms with Crippen molar-refractivity contribution in [2.45, 2.75) is 12.8 Å². The molecule has 2 aromatic carbocycles. The fraction of sp³-hybridized carbons (Fsp3) is 0.167. The Balaban J connectivity index is 2.22. The van der Waals surface area contributed by atoms with Crippen molar-refractivity contribution in [3.63, 3.8) is 0 Å². The molecule has 0 aliphatic carbocycles. The Morgan fingerprint density at radius 3 is 2.43 bits per heavy atom. The lowest BCUT2D eigenvalue weighted by atomic mass is 10.1. The normalized spacial score (nSPS) is 10.8. The van der Waals surface area contributed by atoms with Gasteiger partial charge in [-0.2, -0.15) is 0 Å². The van der Waals surface area contributed by atoms with E-state index in [-0.39, 0.29) is 0 Å². The Hall–Kier alpha value is -2.06. The lowest BCUT2D eigenvalue weighted by Crippen LogP contribution is -2.18. The van der Waals surface area contributed by atoms with E-state index >= 15 is 0 Å². The summed E-state index contributed by atoms with van der Waals surface area (Å²) >= 11 is 6.01. The number of pyridine rings is 1. The second-order valence-corrected chi connectivity index (χ2v) is 5.14. The van der Waals surface area contributed by atoms with E-state index in [1.54, 1.807) is 0 Å². The summed E-state index contributed by atoms with van der Waals surface area (Å²) in [5.74, 6) is 1.39. The lowest BCUT2D eigenvalue weighted by molar-refractivity contribution is 0.986. The van der Waals surface area contributed by atoms with Crippen molar-refractivity contribution < 1.29 is 0 Å². The van der Waals surface area contributed by atoms with Crippen LogP contribution < -0.4 is 4.90 Å². The molecule has 0 saturated heterocycles. The van der Waals surface area contributed by atoms with E-state index in [1.807, 2.05) is 30.3 Å². The number of fused-ring (bicyclic) bond motifs is 1. The highest BCUT2D eigenvalue weighted by atomic mass is 35.5. The van der Waals surface area contributed by atoms with Crippen molar-refractivity contribution in [2.75, 3.05) is 11.4 Å². The number of anilines is 2. The highest BCUT2D eigenvalue weighted by Crippen LogP contribution is 2.31. The number of alkyl halides is 1. The molecule has 0 radical (unpaired) electrons. The van der Waals surface area contributed by atoms with Crippen molar-refractivity contribution >= 4 is 33.9 Å². The average Bonchev–Trinajstić information content (AvgIpc) is 2.56. The van der Waals surface area contributed by atoms with Crippen LogP contribution in [0.25, 0.3) is 10.8 Å². The van der Waals surface area contributed by atoms with Crippen molar-refractivity contribution in [1.82, 2.24) is 4.98 Å². The molecule has 3 heteroatoms. The molecule has 0 aliphatic rings. The Kier molecular flexibility index (Phi) is 4.07. The fourth-order valence-electron chi connectivity index (χ4n) is 2.57. The summed E-state index contributed by atoms with van der Waals surface area (Å²) in [5.41, 5.74) is 2.05. The lowest BCUT2D eigenvalue weighted by Gasteiger charge is -2.24. The molecule has 1 aromatic heterocycles. The first-order valence-electron chi connectivity index (χ1n) is 7.10. The number of halogens is 1. The second kappa shape index (κ2) is 6.15. The molecule has 2 nitrogen and oxygen atoms in total. The maximum atomic E-state index is 6.01. The van der Waals surface area contributed by atoms with Crippen LogP contribution in [0.1, 0.15) is 12.6 Å². The van der Waals surface area contributed by atoms with Crippen molar-refractivity contribution in [2.24, 2.45) is 0 Å². The van der Waals surface area contributed by atoms with Gasteiger partial charge in [0.2, 0.25) is 0 Å². The zero-order valence-electron chi connectivity index (χ0n) is 12.0. The van der Waals surface area contributed by atoms with Gasteiger partial charge >= 0.3 is 0 Å². The predicted molar refractivity (Wildman–Crippen MR) is 90.4 cm³/mol. The van der Waals surface area contributed by atoms with Crippen LogP contribution in [0.4, 0.5) is 11.5 Å². The van der Waals surface area contributed by atoms with Gasteiger partial charge in [0.05, 0.1) is 11.6 Å². The van der Waals surface area contributed by atoms with Gasteiger partial charge in [-0.05, 0) is 30.5 Å². The van der Waals surface area contributed by atoms with Crippen LogP contribution in [-0.2, 0) is 5.88 Å². The highest BCUT2D eigenvalue weighted by molar-refractivity contribution is 6.17. The van der Waals surface area contributed by atoms with E-state index in [1.165, 1.54) is 5.39 Å². The number of benzene rings is 2. The molecule has 0 fully saturated rings. The van der Waals surface area contributed by atoms with Crippen LogP contribution in [0, 0.1) is 0 Å². The van der Waals surface area contributed by atoms with Crippen LogP contribution in [-0.4, -0.2) is 11.5 Å². The molecule has 1 heterocycles. The summed E-state index contributed by atoms with van der Waals surface area (Å²) < 4.78 is 0. The molecule has 21 heavy (non-hydrogen) atoms. The SMILES string of the molecule is CCN(c1ccccc1)c1nc(CCl)cc2ccccc12. The van der Waals surface area contributed by atoms with E-state index in [0.29, 0.717) is 5.88 Å². The van der Waals surface area contributed by atoms with Gasteiger partial charge in [0.25, 0.3) is 0 Å². The third-order valence-corrected chi connectivity index (χ3v) is 3.82. The first kappa shape index (κ1) is 13.9. The summed E-state index contributed by atoms with van der Waals surface area (Å²) in [4.78, 5) is 6.98. The first-order valence-corrected chi connectivity index (χ1v) is 7.64. The number of para-hydroxylation sites is 1. The average molecular weight is 297 g/mol. The van der Waals surface area contributed by atoms with Crippen molar-refractivity contribution in [3.05, 3.63) is 66.4 Å². The van der Waals surface area contributed by atoms with Crippen molar-refractivity contribution in [3.8, 4) is 0 Å². The van der Waals surface area contributed by atoms with E-state index in [9.17, 15) is 0 Å². The molecule has 0 unspecified atom stereocenters. The molecule has 3 aromatic rings. The van der Waals surface area contributed by atoms with E-state index in [4.69, 9.17) is 16.6 Å². The molecule has 0 atom stereocenters. The van der Waals surface area contributed by atoms with Gasteiger partial charge in [-0.3, -0.25) is 0 Å². The smallest absolute Gasteiger partial charge is 0.141 e. The minimum atomic E-state index is 0.421. The molecule has 0 saturated carbocycles. The highest BCUT2D eigenvalue weighted by Gasteiger charge is 2.13. The maximum Gasteiger partial charge on any atom is 0.141 e. The minimum Gasteiger partial charge on any atom is -0.326 e. The second-order valence-electron chi connectivity index (χ2n) is 4.87. The topological polar surface area (TPSA) is 16.1 Å². The molecule has 0 aliphatic heterocycles. The number of hydrogen-bond acceptors (Lipinski definition) is 2. The third-order valence-electron chi connectivity index (χ3n) is 3.55. The fourth-order valence-corrected chi connectivity index (χ4v) is 2.71. The number of nitrogens with zero attached hydrogens (tertiary/aromatic N) is 2. The van der Waals surface area contributed by atoms with Crippen LogP contribution in [0.15, 0.2) is 60.7 Å². The number of aromatic nitrogens is 1. The summed E-state index contributed by atoms with van der Waals surface area (Å²) in [6, 6.07) is 20.7. The van der Waals surface area contributed by atoms with E-state index < -0.39 is 0 Å². The largest absolute Gasteiger partial charge is 0.326 e. The van der Waals surface area contributed by atoms with Gasteiger partial charge < -0.3 is 4.90 Å². The first-order chi connectivity index (χ1) is 10.3. The van der Waals surface area contributed by atoms with Crippen LogP contribution in [0.2, 0.25) is 0 Å². The van der Waals surface area contributed by atoms with Crippen molar-refractivity contribution in [1.29, 1.82) is 0 Å². The Morgan fingerprint density at radius 2 is 1.71 bits per heavy atom. The van der Waals surface area contributed by atoms with Gasteiger partial charge in [0, 0.05) is 17.6 Å². The summed E-state index contributed by atoms with van der Waals surface area (Å²) in [5, 5.41) is 2.32. The Morgan fingerprint density at radius 1 is 1.00 bits per heavy atom. The number of rotatable bonds is 4. The monoisotopic (exact) mass is 296 g/mol. The molecular weight excluding hydrogens is 280 g/mol. The molecule has 0 N–H and O–H groups in total. The summed E-state index contributed by atoms with van der Waals surface area (Å²) in [7, 11) is 0. The number of hydrogen-bond donors (Lipinski definition) is 0. The van der Waals surface area contributed by atoms with E-state index in [0.717, 1.165) is 29.1 Å². The molecule has 3 rings (SSSR count). The Bertz CT molecular complexity index is 741. The molecule has 0 spiro atoms. The van der Waals surface area contributed by atoms with Crippen LogP contribution >= 0.6 is 11.6 Å². The molecule has 106 valence electrons. The minimum absolute atomic E-state index is 0.421. The van der Waals surface area contributed by atoms with Crippen LogP contribution in [0.3, 0.4) is 0 Å². The molecular formula is C18H17ClN2. The van der Waals surface area contributed by atoms with E-state index in [2.05, 4.69) is 42.2 Å².